The van der Waals surface area contributed by atoms with E-state index in [0.29, 0.717) is 0 Å². The molecule has 0 aromatic rings. The molecule has 0 aromatic carbocycles. The van der Waals surface area contributed by atoms with Gasteiger partial charge in [0.1, 0.15) is 0 Å². The Morgan fingerprint density at radius 1 is 1.00 bits per heavy atom. The summed E-state index contributed by atoms with van der Waals surface area (Å²) in [5.41, 5.74) is 0. The van der Waals surface area contributed by atoms with Gasteiger partial charge < -0.3 is 0 Å². The molecule has 0 aliphatic heterocycles. The van der Waals surface area contributed by atoms with Gasteiger partial charge in [0.25, 0.3) is 0 Å². The van der Waals surface area contributed by atoms with Gasteiger partial charge in [-0.05, 0) is 0 Å². The maximum Gasteiger partial charge on any atom is 0 e. The minimum atomic E-state index is 0. The van der Waals surface area contributed by atoms with Crippen LogP contribution in [0.25, 0.3) is 0 Å². The van der Waals surface area contributed by atoms with Gasteiger partial charge in [-0.15, -0.1) is 0 Å². The molecular formula is BiKNaNbTaZr. The van der Waals surface area contributed by atoms with Crippen molar-refractivity contribution in [3.63, 3.8) is 0 Å². The summed E-state index contributed by atoms with van der Waals surface area (Å²) in [7, 11) is 0. The van der Waals surface area contributed by atoms with E-state index < -0.39 is 0 Å². The Labute approximate surface area is 172 Å². The summed E-state index contributed by atoms with van der Waals surface area (Å²) in [5.74, 6) is 0. The van der Waals surface area contributed by atoms with Gasteiger partial charge in [0.05, 0.1) is 0 Å². The molecule has 0 heterocycles. The van der Waals surface area contributed by atoms with E-state index in [-0.39, 0.29) is 178 Å². The summed E-state index contributed by atoms with van der Waals surface area (Å²) in [4.78, 5) is 0. The molecule has 21 valence electrons. The van der Waals surface area contributed by atoms with Crippen molar-refractivity contribution in [2.45, 2.75) is 0 Å². The van der Waals surface area contributed by atoms with Gasteiger partial charge in [0.2, 0.25) is 0 Å². The molecule has 0 saturated heterocycles. The monoisotopic (exact) mass is 635 g/mol. The third-order valence-electron chi connectivity index (χ3n) is 0. The molecule has 6 heteroatoms. The molecule has 0 atom stereocenters. The van der Waals surface area contributed by atoms with Crippen molar-refractivity contribution in [3.8, 4) is 0 Å². The van der Waals surface area contributed by atoms with E-state index in [4.69, 9.17) is 0 Å². The summed E-state index contributed by atoms with van der Waals surface area (Å²) in [6.07, 6.45) is 0. The SMILES string of the molecule is [Bi].[K].[Na].[Nb].[Ta].[Zr]. The van der Waals surface area contributed by atoms with E-state index in [9.17, 15) is 0 Å². The van der Waals surface area contributed by atoms with Gasteiger partial charge in [0.15, 0.2) is 0 Å². The van der Waals surface area contributed by atoms with Crippen LogP contribution in [-0.2, 0) is 71.0 Å². The van der Waals surface area contributed by atoms with Gasteiger partial charge in [-0.3, -0.25) is 0 Å². The third kappa shape index (κ3) is 22.5. The Morgan fingerprint density at radius 3 is 1.00 bits per heavy atom. The maximum atomic E-state index is 0. The van der Waals surface area contributed by atoms with Crippen LogP contribution in [0.5, 0.6) is 0 Å². The van der Waals surface area contributed by atoms with Crippen molar-refractivity contribution >= 4 is 107 Å². The molecule has 0 saturated carbocycles. The number of hydrogen-bond donors (Lipinski definition) is 0. The van der Waals surface area contributed by atoms with Crippen LogP contribution in [0.2, 0.25) is 0 Å². The molecule has 0 aliphatic rings. The average molecular weight is 636 g/mol. The largest absolute Gasteiger partial charge is 0 e. The van der Waals surface area contributed by atoms with Crippen molar-refractivity contribution in [1.29, 1.82) is 0 Å². The van der Waals surface area contributed by atoms with Crippen molar-refractivity contribution in [3.05, 3.63) is 0 Å². The van der Waals surface area contributed by atoms with Crippen molar-refractivity contribution < 1.29 is 71.0 Å². The van der Waals surface area contributed by atoms with Crippen LogP contribution in [0, 0.1) is 0 Å². The third-order valence-corrected chi connectivity index (χ3v) is 0. The first-order valence-corrected chi connectivity index (χ1v) is 0. The Morgan fingerprint density at radius 2 is 1.00 bits per heavy atom. The van der Waals surface area contributed by atoms with Crippen LogP contribution in [0.1, 0.15) is 0 Å². The molecule has 0 fully saturated rings. The van der Waals surface area contributed by atoms with Crippen LogP contribution in [0.4, 0.5) is 0 Å². The van der Waals surface area contributed by atoms with E-state index in [0.717, 1.165) is 0 Å². The molecule has 0 aromatic heterocycles. The summed E-state index contributed by atoms with van der Waals surface area (Å²) >= 11 is 0. The fourth-order valence-electron chi connectivity index (χ4n) is 0. The topological polar surface area (TPSA) is 0 Å². The Hall–Kier alpha value is 5.88. The zero-order chi connectivity index (χ0) is 0. The minimum Gasteiger partial charge on any atom is 0 e. The molecule has 0 nitrogen and oxygen atoms in total. The molecule has 0 spiro atoms. The molecule has 0 unspecified atom stereocenters. The predicted molar refractivity (Wildman–Crippen MR) is 17.3 cm³/mol. The van der Waals surface area contributed by atoms with E-state index in [1.807, 2.05) is 0 Å². The molecule has 6 heavy (non-hydrogen) atoms. The van der Waals surface area contributed by atoms with Crippen molar-refractivity contribution in [2.75, 3.05) is 0 Å². The van der Waals surface area contributed by atoms with Crippen LogP contribution in [0.15, 0.2) is 0 Å². The normalized spacial score (nSPS) is 0. The summed E-state index contributed by atoms with van der Waals surface area (Å²) in [6.45, 7) is 0. The van der Waals surface area contributed by atoms with Gasteiger partial charge in [-0.2, -0.15) is 0 Å². The zero-order valence-corrected chi connectivity index (χ0v) is 20.3. The second kappa shape index (κ2) is 30.7. The predicted octanol–water partition coefficient (Wildman–Crippen LogP) is -1.15. The first-order chi connectivity index (χ1) is 0. The standard InChI is InChI=1S/Bi.K.Na.Nb.Ta.Zr. The fourth-order valence-corrected chi connectivity index (χ4v) is 0. The smallest absolute Gasteiger partial charge is 0 e. The first-order valence-electron chi connectivity index (χ1n) is 0. The van der Waals surface area contributed by atoms with Crippen molar-refractivity contribution in [2.24, 2.45) is 0 Å². The maximum absolute atomic E-state index is 0. The van der Waals surface area contributed by atoms with Crippen LogP contribution in [-0.4, -0.2) is 107 Å². The molecule has 0 bridgehead atoms. The Bertz CT molecular complexity index is 15.5. The van der Waals surface area contributed by atoms with Gasteiger partial charge in [-0.25, -0.2) is 0 Å². The van der Waals surface area contributed by atoms with Crippen molar-refractivity contribution in [1.82, 2.24) is 0 Å². The average Bonchev–Trinajstić information content (AvgIpc) is 0. The molecule has 0 aliphatic carbocycles. The molecule has 0 amide bonds. The van der Waals surface area contributed by atoms with Crippen LogP contribution >= 0.6 is 0 Å². The minimum absolute atomic E-state index is 0. The Balaban J connectivity index is 0. The fraction of sp³-hybridized carbons (Fsp3) is 0. The molecular weight excluding hydrogens is 636 g/mol. The van der Waals surface area contributed by atoms with E-state index in [1.165, 1.54) is 0 Å². The second-order valence-electron chi connectivity index (χ2n) is 0. The number of hydrogen-bond acceptors (Lipinski definition) is 0. The molecule has 0 rings (SSSR count). The summed E-state index contributed by atoms with van der Waals surface area (Å²) in [5, 5.41) is 0. The van der Waals surface area contributed by atoms with E-state index in [1.54, 1.807) is 0 Å². The molecule has 0 N–H and O–H groups in total. The second-order valence-corrected chi connectivity index (χ2v) is 0. The first kappa shape index (κ1) is 40.7. The quantitative estimate of drug-likeness (QED) is 0.295. The van der Waals surface area contributed by atoms with Crippen LogP contribution in [0.3, 0.4) is 0 Å². The zero-order valence-electron chi connectivity index (χ0n) is 3.84. The summed E-state index contributed by atoms with van der Waals surface area (Å²) in [6, 6.07) is 0. The van der Waals surface area contributed by atoms with Crippen LogP contribution < -0.4 is 0 Å². The number of rotatable bonds is 0. The van der Waals surface area contributed by atoms with Gasteiger partial charge in [0, 0.05) is 178 Å². The summed E-state index contributed by atoms with van der Waals surface area (Å²) < 4.78 is 0. The van der Waals surface area contributed by atoms with E-state index >= 15 is 0 Å². The van der Waals surface area contributed by atoms with Gasteiger partial charge >= 0.3 is 0 Å². The van der Waals surface area contributed by atoms with E-state index in [2.05, 4.69) is 0 Å². The molecule has 7 radical (unpaired) electrons. The Kier molecular flexibility index (Phi) is 208. The van der Waals surface area contributed by atoms with Gasteiger partial charge in [-0.1, -0.05) is 0 Å².